The van der Waals surface area contributed by atoms with Gasteiger partial charge in [0, 0.05) is 31.9 Å². The standard InChI is InChI=1S/C20H21F3N2O3S/c21-20(22,23)17-3-1-2-15(12-17)14-24-7-6-16-13-18(4-5-19(16)24)29(26,27)25-8-10-28-11-9-25/h1-5,12-13H,6-11,14H2. The Balaban J connectivity index is 1.55. The van der Waals surface area contributed by atoms with Crippen LogP contribution in [0.2, 0.25) is 0 Å². The summed E-state index contributed by atoms with van der Waals surface area (Å²) < 4.78 is 71.2. The lowest BCUT2D eigenvalue weighted by Crippen LogP contribution is -2.40. The van der Waals surface area contributed by atoms with Crippen LogP contribution in [0.3, 0.4) is 0 Å². The molecule has 2 aromatic rings. The Hall–Kier alpha value is -2.10. The fraction of sp³-hybridized carbons (Fsp3) is 0.400. The number of nitrogens with zero attached hydrogens (tertiary/aromatic N) is 2. The average Bonchev–Trinajstić information content (AvgIpc) is 3.10. The van der Waals surface area contributed by atoms with Crippen molar-refractivity contribution in [3.05, 3.63) is 59.2 Å². The highest BCUT2D eigenvalue weighted by atomic mass is 32.2. The van der Waals surface area contributed by atoms with Crippen LogP contribution in [0.1, 0.15) is 16.7 Å². The van der Waals surface area contributed by atoms with Crippen molar-refractivity contribution < 1.29 is 26.3 Å². The first-order valence-electron chi connectivity index (χ1n) is 9.37. The highest BCUT2D eigenvalue weighted by molar-refractivity contribution is 7.89. The largest absolute Gasteiger partial charge is 0.416 e. The number of sulfonamides is 1. The maximum Gasteiger partial charge on any atom is 0.416 e. The van der Waals surface area contributed by atoms with Crippen molar-refractivity contribution in [3.8, 4) is 0 Å². The Morgan fingerprint density at radius 2 is 1.76 bits per heavy atom. The first-order chi connectivity index (χ1) is 13.7. The molecule has 0 bridgehead atoms. The summed E-state index contributed by atoms with van der Waals surface area (Å²) in [4.78, 5) is 2.23. The summed E-state index contributed by atoms with van der Waals surface area (Å²) in [5.74, 6) is 0. The molecule has 2 aliphatic rings. The second-order valence-corrected chi connectivity index (χ2v) is 9.11. The molecule has 0 N–H and O–H groups in total. The Kier molecular flexibility index (Phi) is 5.30. The van der Waals surface area contributed by atoms with Gasteiger partial charge in [-0.15, -0.1) is 0 Å². The van der Waals surface area contributed by atoms with Crippen molar-refractivity contribution in [2.24, 2.45) is 0 Å². The number of rotatable bonds is 4. The van der Waals surface area contributed by atoms with E-state index in [9.17, 15) is 21.6 Å². The molecule has 4 rings (SSSR count). The predicted octanol–water partition coefficient (Wildman–Crippen LogP) is 3.29. The molecular formula is C20H21F3N2O3S. The summed E-state index contributed by atoms with van der Waals surface area (Å²) in [6.07, 6.45) is -3.72. The SMILES string of the molecule is O=S(=O)(c1ccc2c(c1)CCN2Cc1cccc(C(F)(F)F)c1)N1CCOCC1. The molecule has 1 fully saturated rings. The third-order valence-corrected chi connectivity index (χ3v) is 7.17. The first-order valence-corrected chi connectivity index (χ1v) is 10.8. The van der Waals surface area contributed by atoms with E-state index in [4.69, 9.17) is 4.74 Å². The molecule has 2 heterocycles. The maximum absolute atomic E-state index is 12.9. The minimum atomic E-state index is -4.37. The van der Waals surface area contributed by atoms with Crippen LogP contribution >= 0.6 is 0 Å². The maximum atomic E-state index is 12.9. The van der Waals surface area contributed by atoms with Gasteiger partial charge < -0.3 is 9.64 Å². The van der Waals surface area contributed by atoms with E-state index in [2.05, 4.69) is 0 Å². The van der Waals surface area contributed by atoms with Crippen LogP contribution in [0.25, 0.3) is 0 Å². The lowest BCUT2D eigenvalue weighted by Gasteiger charge is -2.26. The van der Waals surface area contributed by atoms with Gasteiger partial charge in [0.05, 0.1) is 23.7 Å². The number of alkyl halides is 3. The highest BCUT2D eigenvalue weighted by Gasteiger charge is 2.31. The molecule has 0 amide bonds. The second-order valence-electron chi connectivity index (χ2n) is 7.18. The zero-order valence-corrected chi connectivity index (χ0v) is 16.5. The van der Waals surface area contributed by atoms with Gasteiger partial charge in [-0.1, -0.05) is 12.1 Å². The molecule has 0 radical (unpaired) electrons. The van der Waals surface area contributed by atoms with Crippen molar-refractivity contribution in [2.75, 3.05) is 37.7 Å². The molecule has 9 heteroatoms. The number of hydrogen-bond donors (Lipinski definition) is 0. The van der Waals surface area contributed by atoms with Crippen molar-refractivity contribution in [1.82, 2.24) is 4.31 Å². The van der Waals surface area contributed by atoms with Gasteiger partial charge in [-0.25, -0.2) is 8.42 Å². The van der Waals surface area contributed by atoms with Crippen LogP contribution in [-0.4, -0.2) is 45.6 Å². The third-order valence-electron chi connectivity index (χ3n) is 5.28. The molecule has 1 saturated heterocycles. The normalized spacial score (nSPS) is 18.1. The molecule has 156 valence electrons. The number of ether oxygens (including phenoxy) is 1. The number of fused-ring (bicyclic) bond motifs is 1. The molecule has 0 aromatic heterocycles. The average molecular weight is 426 g/mol. The van der Waals surface area contributed by atoms with E-state index in [1.165, 1.54) is 10.4 Å². The summed E-state index contributed by atoms with van der Waals surface area (Å²) >= 11 is 0. The molecule has 0 saturated carbocycles. The van der Waals surface area contributed by atoms with E-state index >= 15 is 0 Å². The number of anilines is 1. The third kappa shape index (κ3) is 4.12. The van der Waals surface area contributed by atoms with Crippen molar-refractivity contribution >= 4 is 15.7 Å². The number of morpholine rings is 1. The topological polar surface area (TPSA) is 49.9 Å². The highest BCUT2D eigenvalue weighted by Crippen LogP contribution is 2.34. The smallest absolute Gasteiger partial charge is 0.379 e. The van der Waals surface area contributed by atoms with Gasteiger partial charge in [-0.05, 0) is 47.9 Å². The molecule has 2 aromatic carbocycles. The summed E-state index contributed by atoms with van der Waals surface area (Å²) in [5.41, 5.74) is 1.66. The Morgan fingerprint density at radius 1 is 1.00 bits per heavy atom. The molecule has 0 unspecified atom stereocenters. The van der Waals surface area contributed by atoms with Crippen LogP contribution in [0, 0.1) is 0 Å². The summed E-state index contributed by atoms with van der Waals surface area (Å²) in [5, 5.41) is 0. The number of hydrogen-bond acceptors (Lipinski definition) is 4. The van der Waals surface area contributed by atoms with E-state index in [1.807, 2.05) is 4.90 Å². The van der Waals surface area contributed by atoms with Crippen LogP contribution in [-0.2, 0) is 33.9 Å². The van der Waals surface area contributed by atoms with E-state index in [0.29, 0.717) is 51.4 Å². The zero-order chi connectivity index (χ0) is 20.6. The van der Waals surface area contributed by atoms with Crippen LogP contribution in [0.15, 0.2) is 47.4 Å². The molecule has 0 spiro atoms. The fourth-order valence-electron chi connectivity index (χ4n) is 3.77. The van der Waals surface area contributed by atoms with Crippen molar-refractivity contribution in [3.63, 3.8) is 0 Å². The van der Waals surface area contributed by atoms with E-state index < -0.39 is 21.8 Å². The minimum absolute atomic E-state index is 0.249. The predicted molar refractivity (Wildman–Crippen MR) is 102 cm³/mol. The van der Waals surface area contributed by atoms with Crippen LogP contribution in [0.5, 0.6) is 0 Å². The fourth-order valence-corrected chi connectivity index (χ4v) is 5.23. The van der Waals surface area contributed by atoms with Gasteiger partial charge in [0.15, 0.2) is 0 Å². The van der Waals surface area contributed by atoms with E-state index in [1.54, 1.807) is 24.3 Å². The van der Waals surface area contributed by atoms with Gasteiger partial charge in [0.25, 0.3) is 0 Å². The monoisotopic (exact) mass is 426 g/mol. The summed E-state index contributed by atoms with van der Waals surface area (Å²) in [6, 6.07) is 10.3. The molecule has 2 aliphatic heterocycles. The number of benzene rings is 2. The van der Waals surface area contributed by atoms with Gasteiger partial charge in [-0.3, -0.25) is 0 Å². The zero-order valence-electron chi connectivity index (χ0n) is 15.7. The number of halogens is 3. The first kappa shape index (κ1) is 20.2. The van der Waals surface area contributed by atoms with Crippen LogP contribution < -0.4 is 4.90 Å². The van der Waals surface area contributed by atoms with E-state index in [0.717, 1.165) is 23.4 Å². The lowest BCUT2D eigenvalue weighted by atomic mass is 10.1. The summed E-state index contributed by atoms with van der Waals surface area (Å²) in [7, 11) is -3.57. The molecule has 0 atom stereocenters. The Morgan fingerprint density at radius 3 is 2.48 bits per heavy atom. The molecule has 29 heavy (non-hydrogen) atoms. The van der Waals surface area contributed by atoms with Crippen LogP contribution in [0.4, 0.5) is 18.9 Å². The molecule has 0 aliphatic carbocycles. The van der Waals surface area contributed by atoms with Gasteiger partial charge >= 0.3 is 6.18 Å². The minimum Gasteiger partial charge on any atom is -0.379 e. The van der Waals surface area contributed by atoms with Crippen molar-refractivity contribution in [2.45, 2.75) is 24.0 Å². The van der Waals surface area contributed by atoms with Gasteiger partial charge in [-0.2, -0.15) is 17.5 Å². The summed E-state index contributed by atoms with van der Waals surface area (Å²) in [6.45, 7) is 2.41. The Bertz CT molecular complexity index is 1000. The van der Waals surface area contributed by atoms with Crippen molar-refractivity contribution in [1.29, 1.82) is 0 Å². The van der Waals surface area contributed by atoms with Gasteiger partial charge in [0.2, 0.25) is 10.0 Å². The van der Waals surface area contributed by atoms with E-state index in [-0.39, 0.29) is 4.90 Å². The lowest BCUT2D eigenvalue weighted by molar-refractivity contribution is -0.137. The van der Waals surface area contributed by atoms with Gasteiger partial charge in [0.1, 0.15) is 0 Å². The second kappa shape index (κ2) is 7.62. The Labute approximate surface area is 167 Å². The quantitative estimate of drug-likeness (QED) is 0.753. The molecule has 5 nitrogen and oxygen atoms in total. The molecular weight excluding hydrogens is 405 g/mol.